The summed E-state index contributed by atoms with van der Waals surface area (Å²) < 4.78 is 11.5. The largest absolute Gasteiger partial charge is 0.508 e. The lowest BCUT2D eigenvalue weighted by atomic mass is 10.1. The SMILES string of the molecule is Oc1ccc(NCC2OCc3ccccc3CO2)cc1. The third kappa shape index (κ3) is 3.10. The molecule has 0 unspecified atom stereocenters. The maximum atomic E-state index is 9.23. The number of hydrogen-bond donors (Lipinski definition) is 2. The number of aromatic hydroxyl groups is 1. The van der Waals surface area contributed by atoms with E-state index in [4.69, 9.17) is 9.47 Å². The van der Waals surface area contributed by atoms with Crippen molar-refractivity contribution >= 4 is 5.69 Å². The molecular formula is C16H17NO3. The first kappa shape index (κ1) is 13.0. The van der Waals surface area contributed by atoms with Crippen LogP contribution in [0.3, 0.4) is 0 Å². The Balaban J connectivity index is 1.56. The molecule has 20 heavy (non-hydrogen) atoms. The molecule has 1 aliphatic rings. The van der Waals surface area contributed by atoms with Gasteiger partial charge in [0, 0.05) is 5.69 Å². The summed E-state index contributed by atoms with van der Waals surface area (Å²) in [5, 5.41) is 12.5. The second-order valence-corrected chi connectivity index (χ2v) is 4.75. The van der Waals surface area contributed by atoms with E-state index in [9.17, 15) is 5.11 Å². The van der Waals surface area contributed by atoms with Gasteiger partial charge in [-0.15, -0.1) is 0 Å². The van der Waals surface area contributed by atoms with Gasteiger partial charge in [0.2, 0.25) is 0 Å². The third-order valence-electron chi connectivity index (χ3n) is 3.31. The van der Waals surface area contributed by atoms with E-state index >= 15 is 0 Å². The van der Waals surface area contributed by atoms with Gasteiger partial charge in [-0.2, -0.15) is 0 Å². The molecule has 0 radical (unpaired) electrons. The summed E-state index contributed by atoms with van der Waals surface area (Å²) in [6.45, 7) is 1.70. The van der Waals surface area contributed by atoms with Crippen molar-refractivity contribution in [3.8, 4) is 5.75 Å². The Bertz CT molecular complexity index is 541. The highest BCUT2D eigenvalue weighted by Crippen LogP contribution is 2.19. The van der Waals surface area contributed by atoms with Crippen molar-refractivity contribution in [2.45, 2.75) is 19.5 Å². The van der Waals surface area contributed by atoms with E-state index in [1.165, 1.54) is 11.1 Å². The molecule has 1 heterocycles. The Labute approximate surface area is 118 Å². The summed E-state index contributed by atoms with van der Waals surface area (Å²) in [5.41, 5.74) is 3.29. The Morgan fingerprint density at radius 3 is 2.15 bits per heavy atom. The van der Waals surface area contributed by atoms with E-state index < -0.39 is 0 Å². The van der Waals surface area contributed by atoms with Crippen molar-refractivity contribution in [1.29, 1.82) is 0 Å². The maximum absolute atomic E-state index is 9.23. The molecule has 0 spiro atoms. The second kappa shape index (κ2) is 5.94. The number of phenolic OH excluding ortho intramolecular Hbond substituents is 1. The van der Waals surface area contributed by atoms with E-state index in [-0.39, 0.29) is 12.0 Å². The molecule has 0 bridgehead atoms. The van der Waals surface area contributed by atoms with Gasteiger partial charge in [0.1, 0.15) is 5.75 Å². The lowest BCUT2D eigenvalue weighted by Crippen LogP contribution is -2.24. The predicted molar refractivity (Wildman–Crippen MR) is 76.4 cm³/mol. The van der Waals surface area contributed by atoms with Crippen LogP contribution in [-0.4, -0.2) is 17.9 Å². The zero-order chi connectivity index (χ0) is 13.8. The van der Waals surface area contributed by atoms with Gasteiger partial charge < -0.3 is 19.9 Å². The summed E-state index contributed by atoms with van der Waals surface area (Å²) >= 11 is 0. The van der Waals surface area contributed by atoms with E-state index in [1.54, 1.807) is 12.1 Å². The fourth-order valence-corrected chi connectivity index (χ4v) is 2.15. The molecule has 2 aromatic rings. The summed E-state index contributed by atoms with van der Waals surface area (Å²) in [5.74, 6) is 0.257. The van der Waals surface area contributed by atoms with Gasteiger partial charge >= 0.3 is 0 Å². The second-order valence-electron chi connectivity index (χ2n) is 4.75. The average Bonchev–Trinajstić information content (AvgIpc) is 2.69. The van der Waals surface area contributed by atoms with Crippen LogP contribution in [0.15, 0.2) is 48.5 Å². The van der Waals surface area contributed by atoms with Crippen molar-refractivity contribution in [2.24, 2.45) is 0 Å². The van der Waals surface area contributed by atoms with Crippen LogP contribution >= 0.6 is 0 Å². The molecule has 1 aliphatic heterocycles. The fraction of sp³-hybridized carbons (Fsp3) is 0.250. The molecule has 0 saturated carbocycles. The Morgan fingerprint density at radius 2 is 1.55 bits per heavy atom. The first-order valence-corrected chi connectivity index (χ1v) is 6.64. The van der Waals surface area contributed by atoms with Crippen molar-refractivity contribution in [3.63, 3.8) is 0 Å². The number of fused-ring (bicyclic) bond motifs is 1. The van der Waals surface area contributed by atoms with Crippen molar-refractivity contribution in [1.82, 2.24) is 0 Å². The maximum Gasteiger partial charge on any atom is 0.175 e. The van der Waals surface area contributed by atoms with E-state index in [0.717, 1.165) is 5.69 Å². The molecule has 0 amide bonds. The molecule has 0 saturated heterocycles. The van der Waals surface area contributed by atoms with Crippen LogP contribution in [0, 0.1) is 0 Å². The Kier molecular flexibility index (Phi) is 3.85. The fourth-order valence-electron chi connectivity index (χ4n) is 2.15. The van der Waals surface area contributed by atoms with Crippen LogP contribution in [0.2, 0.25) is 0 Å². The van der Waals surface area contributed by atoms with E-state index in [2.05, 4.69) is 17.4 Å². The third-order valence-corrected chi connectivity index (χ3v) is 3.31. The normalized spacial score (nSPS) is 15.4. The average molecular weight is 271 g/mol. The summed E-state index contributed by atoms with van der Waals surface area (Å²) in [4.78, 5) is 0. The molecule has 4 heteroatoms. The topological polar surface area (TPSA) is 50.7 Å². The number of ether oxygens (including phenoxy) is 2. The molecular weight excluding hydrogens is 254 g/mol. The molecule has 0 aliphatic carbocycles. The number of hydrogen-bond acceptors (Lipinski definition) is 4. The van der Waals surface area contributed by atoms with E-state index in [1.807, 2.05) is 24.3 Å². The van der Waals surface area contributed by atoms with Crippen molar-refractivity contribution in [3.05, 3.63) is 59.7 Å². The zero-order valence-corrected chi connectivity index (χ0v) is 11.1. The van der Waals surface area contributed by atoms with Gasteiger partial charge in [0.15, 0.2) is 6.29 Å². The molecule has 0 fully saturated rings. The lowest BCUT2D eigenvalue weighted by Gasteiger charge is -2.16. The van der Waals surface area contributed by atoms with Crippen molar-refractivity contribution in [2.75, 3.05) is 11.9 Å². The molecule has 2 aromatic carbocycles. The molecule has 4 nitrogen and oxygen atoms in total. The lowest BCUT2D eigenvalue weighted by molar-refractivity contribution is -0.139. The summed E-state index contributed by atoms with van der Waals surface area (Å²) in [7, 11) is 0. The minimum absolute atomic E-state index is 0.257. The van der Waals surface area contributed by atoms with Crippen LogP contribution < -0.4 is 5.32 Å². The highest BCUT2D eigenvalue weighted by Gasteiger charge is 2.16. The van der Waals surface area contributed by atoms with Gasteiger partial charge in [-0.25, -0.2) is 0 Å². The molecule has 2 N–H and O–H groups in total. The highest BCUT2D eigenvalue weighted by atomic mass is 16.7. The summed E-state index contributed by atoms with van der Waals surface area (Å²) in [6, 6.07) is 15.1. The van der Waals surface area contributed by atoms with E-state index in [0.29, 0.717) is 19.8 Å². The minimum atomic E-state index is -0.281. The quantitative estimate of drug-likeness (QED) is 0.843. The number of rotatable bonds is 3. The summed E-state index contributed by atoms with van der Waals surface area (Å²) in [6.07, 6.45) is -0.281. The van der Waals surface area contributed by atoms with Crippen LogP contribution in [0.25, 0.3) is 0 Å². The van der Waals surface area contributed by atoms with Gasteiger partial charge in [-0.1, -0.05) is 24.3 Å². The number of anilines is 1. The molecule has 3 rings (SSSR count). The zero-order valence-electron chi connectivity index (χ0n) is 11.1. The van der Waals surface area contributed by atoms with Crippen molar-refractivity contribution < 1.29 is 14.6 Å². The van der Waals surface area contributed by atoms with Crippen LogP contribution in [-0.2, 0) is 22.7 Å². The van der Waals surface area contributed by atoms with Crippen LogP contribution in [0.1, 0.15) is 11.1 Å². The monoisotopic (exact) mass is 271 g/mol. The van der Waals surface area contributed by atoms with Crippen LogP contribution in [0.5, 0.6) is 5.75 Å². The predicted octanol–water partition coefficient (Wildman–Crippen LogP) is 2.88. The molecule has 0 aromatic heterocycles. The highest BCUT2D eigenvalue weighted by molar-refractivity contribution is 5.45. The van der Waals surface area contributed by atoms with Gasteiger partial charge in [-0.05, 0) is 35.4 Å². The van der Waals surface area contributed by atoms with Gasteiger partial charge in [-0.3, -0.25) is 0 Å². The number of benzene rings is 2. The first-order chi connectivity index (χ1) is 9.81. The molecule has 104 valence electrons. The Morgan fingerprint density at radius 1 is 0.950 bits per heavy atom. The van der Waals surface area contributed by atoms with Gasteiger partial charge in [0.25, 0.3) is 0 Å². The number of nitrogens with one attached hydrogen (secondary N) is 1. The smallest absolute Gasteiger partial charge is 0.175 e. The minimum Gasteiger partial charge on any atom is -0.508 e. The first-order valence-electron chi connectivity index (χ1n) is 6.64. The van der Waals surface area contributed by atoms with Crippen LogP contribution in [0.4, 0.5) is 5.69 Å². The standard InChI is InChI=1S/C16H17NO3/c18-15-7-5-14(6-8-15)17-9-16-19-10-12-3-1-2-4-13(12)11-20-16/h1-8,16-18H,9-11H2. The molecule has 0 atom stereocenters. The Hall–Kier alpha value is -2.04. The number of phenols is 1. The van der Waals surface area contributed by atoms with Gasteiger partial charge in [0.05, 0.1) is 19.8 Å².